The Hall–Kier alpha value is -2.48. The number of rotatable bonds is 3. The molecule has 0 radical (unpaired) electrons. The Morgan fingerprint density at radius 3 is 2.95 bits per heavy atom. The van der Waals surface area contributed by atoms with E-state index in [0.29, 0.717) is 25.3 Å². The Morgan fingerprint density at radius 2 is 2.32 bits per heavy atom. The summed E-state index contributed by atoms with van der Waals surface area (Å²) in [6.07, 6.45) is 4.77. The molecule has 1 aliphatic rings. The van der Waals surface area contributed by atoms with Crippen molar-refractivity contribution in [1.82, 2.24) is 25.0 Å². The van der Waals surface area contributed by atoms with Gasteiger partial charge in [0.15, 0.2) is 11.6 Å². The minimum atomic E-state index is -0.406. The minimum absolute atomic E-state index is 0.0149. The number of carbonyl (C=O) groups is 1. The van der Waals surface area contributed by atoms with Gasteiger partial charge in [0.1, 0.15) is 0 Å². The first-order valence-electron chi connectivity index (χ1n) is 7.06. The number of amides is 2. The average Bonchev–Trinajstić information content (AvgIpc) is 2.95. The molecule has 1 saturated heterocycles. The first-order chi connectivity index (χ1) is 10.6. The summed E-state index contributed by atoms with van der Waals surface area (Å²) < 4.78 is 14.3. The molecule has 0 spiro atoms. The summed E-state index contributed by atoms with van der Waals surface area (Å²) in [6, 6.07) is 3.28. The van der Waals surface area contributed by atoms with Crippen molar-refractivity contribution >= 4 is 6.03 Å². The van der Waals surface area contributed by atoms with Crippen molar-refractivity contribution in [2.45, 2.75) is 12.5 Å². The van der Waals surface area contributed by atoms with E-state index in [2.05, 4.69) is 15.4 Å². The van der Waals surface area contributed by atoms with Crippen LogP contribution >= 0.6 is 0 Å². The standard InChI is InChI=1S/C14H17FN6O/c15-11-7-19-21(9-11)13-2-1-10(6-18-13)5-12-8-17-3-4-20(12)14(16)22/h1-2,6-7,9,12,17H,3-5,8H2,(H2,16,22). The highest BCUT2D eigenvalue weighted by molar-refractivity contribution is 5.72. The van der Waals surface area contributed by atoms with Gasteiger partial charge in [-0.25, -0.2) is 18.9 Å². The quantitative estimate of drug-likeness (QED) is 0.853. The minimum Gasteiger partial charge on any atom is -0.351 e. The third-order valence-corrected chi connectivity index (χ3v) is 3.70. The van der Waals surface area contributed by atoms with Crippen LogP contribution in [-0.4, -0.2) is 51.4 Å². The largest absolute Gasteiger partial charge is 0.351 e. The molecule has 1 atom stereocenters. The zero-order chi connectivity index (χ0) is 15.5. The van der Waals surface area contributed by atoms with Crippen molar-refractivity contribution in [1.29, 1.82) is 0 Å². The van der Waals surface area contributed by atoms with E-state index in [1.807, 2.05) is 6.07 Å². The number of urea groups is 1. The van der Waals surface area contributed by atoms with E-state index in [9.17, 15) is 9.18 Å². The molecule has 1 unspecified atom stereocenters. The molecule has 8 heteroatoms. The Balaban J connectivity index is 1.71. The van der Waals surface area contributed by atoms with Gasteiger partial charge in [-0.05, 0) is 18.1 Å². The van der Waals surface area contributed by atoms with Crippen molar-refractivity contribution < 1.29 is 9.18 Å². The lowest BCUT2D eigenvalue weighted by molar-refractivity contribution is 0.166. The molecule has 0 saturated carbocycles. The summed E-state index contributed by atoms with van der Waals surface area (Å²) in [4.78, 5) is 17.4. The third-order valence-electron chi connectivity index (χ3n) is 3.70. The molecule has 2 aromatic rings. The highest BCUT2D eigenvalue weighted by Crippen LogP contribution is 2.12. The van der Waals surface area contributed by atoms with Crippen molar-refractivity contribution in [3.8, 4) is 5.82 Å². The molecule has 0 bridgehead atoms. The topological polar surface area (TPSA) is 89.1 Å². The van der Waals surface area contributed by atoms with Crippen LogP contribution in [0.4, 0.5) is 9.18 Å². The Kier molecular flexibility index (Phi) is 4.01. The predicted molar refractivity (Wildman–Crippen MR) is 78.0 cm³/mol. The molecule has 2 amide bonds. The van der Waals surface area contributed by atoms with Crippen LogP contribution in [0.5, 0.6) is 0 Å². The van der Waals surface area contributed by atoms with Gasteiger partial charge in [0, 0.05) is 25.8 Å². The number of hydrogen-bond acceptors (Lipinski definition) is 4. The maximum Gasteiger partial charge on any atom is 0.315 e. The molecule has 0 aromatic carbocycles. The van der Waals surface area contributed by atoms with Crippen LogP contribution in [0.2, 0.25) is 0 Å². The molecular formula is C14H17FN6O. The summed E-state index contributed by atoms with van der Waals surface area (Å²) in [6.45, 7) is 2.06. The molecule has 3 N–H and O–H groups in total. The van der Waals surface area contributed by atoms with Gasteiger partial charge in [-0.3, -0.25) is 0 Å². The van der Waals surface area contributed by atoms with Gasteiger partial charge in [0.05, 0.1) is 18.4 Å². The van der Waals surface area contributed by atoms with Gasteiger partial charge in [-0.2, -0.15) is 5.10 Å². The molecule has 1 fully saturated rings. The number of piperazine rings is 1. The Labute approximate surface area is 126 Å². The lowest BCUT2D eigenvalue weighted by Crippen LogP contribution is -2.56. The molecule has 116 valence electrons. The van der Waals surface area contributed by atoms with Gasteiger partial charge in [-0.15, -0.1) is 0 Å². The van der Waals surface area contributed by atoms with E-state index >= 15 is 0 Å². The van der Waals surface area contributed by atoms with Crippen LogP contribution in [-0.2, 0) is 6.42 Å². The van der Waals surface area contributed by atoms with Crippen LogP contribution in [0.3, 0.4) is 0 Å². The molecule has 2 aromatic heterocycles. The molecule has 7 nitrogen and oxygen atoms in total. The fourth-order valence-electron chi connectivity index (χ4n) is 2.60. The number of aromatic nitrogens is 3. The van der Waals surface area contributed by atoms with E-state index in [1.54, 1.807) is 17.2 Å². The molecule has 22 heavy (non-hydrogen) atoms. The number of nitrogens with zero attached hydrogens (tertiary/aromatic N) is 4. The van der Waals surface area contributed by atoms with Crippen molar-refractivity contribution in [2.24, 2.45) is 5.73 Å². The SMILES string of the molecule is NC(=O)N1CCNCC1Cc1ccc(-n2cc(F)cn2)nc1. The fraction of sp³-hybridized carbons (Fsp3) is 0.357. The Morgan fingerprint density at radius 1 is 1.45 bits per heavy atom. The molecule has 3 rings (SSSR count). The van der Waals surface area contributed by atoms with Crippen LogP contribution in [0.15, 0.2) is 30.7 Å². The van der Waals surface area contributed by atoms with Gasteiger partial charge in [0.2, 0.25) is 0 Å². The lowest BCUT2D eigenvalue weighted by Gasteiger charge is -2.35. The van der Waals surface area contributed by atoms with E-state index in [-0.39, 0.29) is 6.04 Å². The number of pyridine rings is 1. The molecular weight excluding hydrogens is 287 g/mol. The summed E-state index contributed by atoms with van der Waals surface area (Å²) in [5.41, 5.74) is 6.39. The van der Waals surface area contributed by atoms with Crippen molar-refractivity contribution in [2.75, 3.05) is 19.6 Å². The molecule has 3 heterocycles. The fourth-order valence-corrected chi connectivity index (χ4v) is 2.60. The number of carbonyl (C=O) groups excluding carboxylic acids is 1. The van der Waals surface area contributed by atoms with E-state index in [0.717, 1.165) is 18.3 Å². The zero-order valence-corrected chi connectivity index (χ0v) is 11.9. The number of primary amides is 1. The van der Waals surface area contributed by atoms with E-state index in [1.165, 1.54) is 10.9 Å². The highest BCUT2D eigenvalue weighted by Gasteiger charge is 2.25. The van der Waals surface area contributed by atoms with Crippen LogP contribution in [0, 0.1) is 5.82 Å². The predicted octanol–water partition coefficient (Wildman–Crippen LogP) is 0.301. The van der Waals surface area contributed by atoms with Crippen molar-refractivity contribution in [3.63, 3.8) is 0 Å². The number of halogens is 1. The summed E-state index contributed by atoms with van der Waals surface area (Å²) in [5, 5.41) is 7.12. The lowest BCUT2D eigenvalue weighted by atomic mass is 10.0. The zero-order valence-electron chi connectivity index (χ0n) is 11.9. The monoisotopic (exact) mass is 304 g/mol. The Bertz CT molecular complexity index is 656. The van der Waals surface area contributed by atoms with Gasteiger partial charge in [-0.1, -0.05) is 6.07 Å². The summed E-state index contributed by atoms with van der Waals surface area (Å²) >= 11 is 0. The van der Waals surface area contributed by atoms with Gasteiger partial charge < -0.3 is 16.0 Å². The van der Waals surface area contributed by atoms with Crippen LogP contribution in [0.1, 0.15) is 5.56 Å². The molecule has 1 aliphatic heterocycles. The third kappa shape index (κ3) is 3.06. The van der Waals surface area contributed by atoms with Crippen molar-refractivity contribution in [3.05, 3.63) is 42.1 Å². The normalized spacial score (nSPS) is 18.4. The highest BCUT2D eigenvalue weighted by atomic mass is 19.1. The maximum absolute atomic E-state index is 13.0. The smallest absolute Gasteiger partial charge is 0.315 e. The molecule has 0 aliphatic carbocycles. The van der Waals surface area contributed by atoms with E-state index in [4.69, 9.17) is 5.73 Å². The second-order valence-electron chi connectivity index (χ2n) is 5.22. The summed E-state index contributed by atoms with van der Waals surface area (Å²) in [7, 11) is 0. The second-order valence-corrected chi connectivity index (χ2v) is 5.22. The summed E-state index contributed by atoms with van der Waals surface area (Å²) in [5.74, 6) is 0.137. The number of nitrogens with two attached hydrogens (primary N) is 1. The number of nitrogens with one attached hydrogen (secondary N) is 1. The first-order valence-corrected chi connectivity index (χ1v) is 7.06. The van der Waals surface area contributed by atoms with Gasteiger partial charge >= 0.3 is 6.03 Å². The van der Waals surface area contributed by atoms with Crippen LogP contribution < -0.4 is 11.1 Å². The second kappa shape index (κ2) is 6.10. The average molecular weight is 304 g/mol. The maximum atomic E-state index is 13.0. The number of hydrogen-bond donors (Lipinski definition) is 2. The van der Waals surface area contributed by atoms with E-state index < -0.39 is 11.8 Å². The van der Waals surface area contributed by atoms with Crippen LogP contribution in [0.25, 0.3) is 5.82 Å². The van der Waals surface area contributed by atoms with Gasteiger partial charge in [0.25, 0.3) is 0 Å². The first kappa shape index (κ1) is 14.5.